The first-order valence-corrected chi connectivity index (χ1v) is 12.0. The summed E-state index contributed by atoms with van der Waals surface area (Å²) in [7, 11) is 1.64. The highest BCUT2D eigenvalue weighted by Crippen LogP contribution is 2.35. The number of benzene rings is 2. The molecule has 186 valence electrons. The fourth-order valence-electron chi connectivity index (χ4n) is 3.70. The van der Waals surface area contributed by atoms with Crippen molar-refractivity contribution in [1.82, 2.24) is 10.2 Å². The number of carbonyl (C=O) groups is 1. The highest BCUT2D eigenvalue weighted by molar-refractivity contribution is 6.44. The first-order valence-electron chi connectivity index (χ1n) is 11.2. The molecule has 0 spiro atoms. The Bertz CT molecular complexity index is 963. The minimum atomic E-state index is -0.764. The maximum Gasteiger partial charge on any atom is 0.255 e. The number of halogens is 2. The van der Waals surface area contributed by atoms with Gasteiger partial charge in [-0.1, -0.05) is 35.3 Å². The van der Waals surface area contributed by atoms with Crippen LogP contribution in [0.15, 0.2) is 36.4 Å². The minimum absolute atomic E-state index is 0.0262. The molecule has 1 aliphatic rings. The molecule has 0 aromatic heterocycles. The van der Waals surface area contributed by atoms with Crippen molar-refractivity contribution >= 4 is 29.1 Å². The number of morpholine rings is 1. The van der Waals surface area contributed by atoms with Crippen molar-refractivity contribution in [3.8, 4) is 11.5 Å². The van der Waals surface area contributed by atoms with Gasteiger partial charge in [-0.05, 0) is 50.1 Å². The molecule has 0 aliphatic carbocycles. The van der Waals surface area contributed by atoms with Crippen molar-refractivity contribution in [3.63, 3.8) is 0 Å². The summed E-state index contributed by atoms with van der Waals surface area (Å²) in [4.78, 5) is 14.4. The number of β-amino-alcohol motifs (C(OH)–C–C–N with tert-alkyl or cyclic N) is 1. The number of nitrogens with zero attached hydrogens (tertiary/aromatic N) is 1. The van der Waals surface area contributed by atoms with E-state index in [0.29, 0.717) is 44.2 Å². The van der Waals surface area contributed by atoms with Crippen LogP contribution in [-0.2, 0) is 11.2 Å². The molecule has 1 saturated heterocycles. The fraction of sp³-hybridized carbons (Fsp3) is 0.480. The van der Waals surface area contributed by atoms with Crippen LogP contribution in [0.4, 0.5) is 0 Å². The Labute approximate surface area is 210 Å². The van der Waals surface area contributed by atoms with Crippen molar-refractivity contribution in [1.29, 1.82) is 0 Å². The van der Waals surface area contributed by atoms with E-state index in [2.05, 4.69) is 19.2 Å². The lowest BCUT2D eigenvalue weighted by atomic mass is 9.94. The van der Waals surface area contributed by atoms with Crippen LogP contribution in [0.25, 0.3) is 0 Å². The lowest BCUT2D eigenvalue weighted by molar-refractivity contribution is 0.0303. The van der Waals surface area contributed by atoms with Gasteiger partial charge < -0.3 is 29.5 Å². The predicted octanol–water partition coefficient (Wildman–Crippen LogP) is 3.83. The average Bonchev–Trinajstić information content (AvgIpc) is 2.84. The van der Waals surface area contributed by atoms with Gasteiger partial charge in [-0.15, -0.1) is 0 Å². The van der Waals surface area contributed by atoms with Crippen molar-refractivity contribution in [3.05, 3.63) is 57.6 Å². The molecule has 2 aromatic rings. The topological polar surface area (TPSA) is 80.3 Å². The zero-order valence-corrected chi connectivity index (χ0v) is 21.3. The summed E-state index contributed by atoms with van der Waals surface area (Å²) >= 11 is 12.7. The third kappa shape index (κ3) is 7.23. The Morgan fingerprint density at radius 1 is 1.15 bits per heavy atom. The number of hydrogen-bond acceptors (Lipinski definition) is 6. The first kappa shape index (κ1) is 26.6. The van der Waals surface area contributed by atoms with Crippen LogP contribution < -0.4 is 14.8 Å². The Morgan fingerprint density at radius 2 is 1.82 bits per heavy atom. The van der Waals surface area contributed by atoms with Crippen LogP contribution in [0.2, 0.25) is 10.0 Å². The molecule has 2 N–H and O–H groups in total. The van der Waals surface area contributed by atoms with Gasteiger partial charge in [-0.25, -0.2) is 0 Å². The number of aliphatic hydroxyl groups is 1. The Balaban J connectivity index is 1.51. The average molecular weight is 511 g/mol. The number of carbonyl (C=O) groups excluding carboxylic acids is 1. The first-order chi connectivity index (χ1) is 16.2. The Kier molecular flexibility index (Phi) is 9.45. The summed E-state index contributed by atoms with van der Waals surface area (Å²) in [5, 5.41) is 14.1. The predicted molar refractivity (Wildman–Crippen MR) is 133 cm³/mol. The molecule has 1 aliphatic heterocycles. The molecule has 1 atom stereocenters. The normalized spacial score (nSPS) is 15.2. The van der Waals surface area contributed by atoms with Crippen LogP contribution in [0.5, 0.6) is 11.5 Å². The molecule has 0 bridgehead atoms. The molecule has 34 heavy (non-hydrogen) atoms. The number of ether oxygens (including phenoxy) is 3. The number of hydrogen-bond donors (Lipinski definition) is 2. The van der Waals surface area contributed by atoms with E-state index in [1.165, 1.54) is 0 Å². The summed E-state index contributed by atoms with van der Waals surface area (Å²) in [5.74, 6) is 0.950. The van der Waals surface area contributed by atoms with E-state index >= 15 is 0 Å². The number of nitrogens with one attached hydrogen (secondary N) is 1. The van der Waals surface area contributed by atoms with Crippen LogP contribution in [-0.4, -0.2) is 74.1 Å². The largest absolute Gasteiger partial charge is 0.497 e. The molecule has 9 heteroatoms. The number of aliphatic hydroxyl groups excluding tert-OH is 1. The minimum Gasteiger partial charge on any atom is -0.497 e. The summed E-state index contributed by atoms with van der Waals surface area (Å²) in [6.07, 6.45) is 0.0182. The third-order valence-electron chi connectivity index (χ3n) is 5.63. The molecular formula is C25H32Cl2N2O5. The van der Waals surface area contributed by atoms with E-state index in [0.717, 1.165) is 17.7 Å². The molecule has 1 fully saturated rings. The number of methoxy groups -OCH3 is 1. The van der Waals surface area contributed by atoms with Gasteiger partial charge >= 0.3 is 0 Å². The van der Waals surface area contributed by atoms with Crippen LogP contribution in [0.1, 0.15) is 29.8 Å². The quantitative estimate of drug-likeness (QED) is 0.505. The fourth-order valence-corrected chi connectivity index (χ4v) is 4.16. The van der Waals surface area contributed by atoms with Crippen LogP contribution in [0, 0.1) is 0 Å². The highest BCUT2D eigenvalue weighted by Gasteiger charge is 2.24. The standard InChI is InChI=1S/C25H32Cl2N2O5/c1-25(2,14-17-4-6-19(32-3)7-5-17)28-15-18(30)16-34-21-9-8-20(22(26)23(21)27)24(31)29-10-12-33-13-11-29/h4-9,18,28,30H,10-16H2,1-3H3. The number of rotatable bonds is 10. The van der Waals surface area contributed by atoms with Crippen molar-refractivity contribution in [2.24, 2.45) is 0 Å². The molecule has 1 unspecified atom stereocenters. The zero-order chi connectivity index (χ0) is 24.7. The monoisotopic (exact) mass is 510 g/mol. The Hall–Kier alpha value is -2.03. The van der Waals surface area contributed by atoms with Gasteiger partial charge in [-0.3, -0.25) is 4.79 Å². The summed E-state index contributed by atoms with van der Waals surface area (Å²) in [6, 6.07) is 11.1. The molecule has 2 aromatic carbocycles. The van der Waals surface area contributed by atoms with Gasteiger partial charge in [0.15, 0.2) is 0 Å². The second-order valence-corrected chi connectivity index (χ2v) is 9.65. The maximum atomic E-state index is 12.7. The molecule has 1 amide bonds. The SMILES string of the molecule is COc1ccc(CC(C)(C)NCC(O)COc2ccc(C(=O)N3CCOCC3)c(Cl)c2Cl)cc1. The third-order valence-corrected chi connectivity index (χ3v) is 6.49. The molecule has 3 rings (SSSR count). The van der Waals surface area contributed by atoms with Crippen LogP contribution >= 0.6 is 23.2 Å². The smallest absolute Gasteiger partial charge is 0.255 e. The lowest BCUT2D eigenvalue weighted by Crippen LogP contribution is -2.46. The van der Waals surface area contributed by atoms with E-state index in [1.807, 2.05) is 24.3 Å². The molecule has 7 nitrogen and oxygen atoms in total. The van der Waals surface area contributed by atoms with Gasteiger partial charge in [0, 0.05) is 25.2 Å². The van der Waals surface area contributed by atoms with Gasteiger partial charge in [0.05, 0.1) is 30.9 Å². The summed E-state index contributed by atoms with van der Waals surface area (Å²) in [6.45, 7) is 6.54. The van der Waals surface area contributed by atoms with E-state index in [9.17, 15) is 9.90 Å². The molecule has 0 radical (unpaired) electrons. The second kappa shape index (κ2) is 12.1. The number of amides is 1. The van der Waals surface area contributed by atoms with Gasteiger partial charge in [0.1, 0.15) is 29.2 Å². The van der Waals surface area contributed by atoms with E-state index < -0.39 is 6.10 Å². The van der Waals surface area contributed by atoms with Crippen molar-refractivity contribution in [2.45, 2.75) is 31.9 Å². The van der Waals surface area contributed by atoms with Crippen molar-refractivity contribution in [2.75, 3.05) is 46.6 Å². The lowest BCUT2D eigenvalue weighted by Gasteiger charge is -2.28. The van der Waals surface area contributed by atoms with Crippen molar-refractivity contribution < 1.29 is 24.1 Å². The van der Waals surface area contributed by atoms with Gasteiger partial charge in [-0.2, -0.15) is 0 Å². The van der Waals surface area contributed by atoms with Gasteiger partial charge in [0.2, 0.25) is 0 Å². The summed E-state index contributed by atoms with van der Waals surface area (Å²) < 4.78 is 16.2. The Morgan fingerprint density at radius 3 is 2.47 bits per heavy atom. The second-order valence-electron chi connectivity index (χ2n) is 8.90. The van der Waals surface area contributed by atoms with E-state index in [-0.39, 0.29) is 28.1 Å². The maximum absolute atomic E-state index is 12.7. The molecule has 1 heterocycles. The molecule has 0 saturated carbocycles. The zero-order valence-electron chi connectivity index (χ0n) is 19.8. The molecular weight excluding hydrogens is 479 g/mol. The van der Waals surface area contributed by atoms with Crippen LogP contribution in [0.3, 0.4) is 0 Å². The van der Waals surface area contributed by atoms with E-state index in [4.69, 9.17) is 37.4 Å². The van der Waals surface area contributed by atoms with E-state index in [1.54, 1.807) is 24.1 Å². The summed E-state index contributed by atoms with van der Waals surface area (Å²) in [5.41, 5.74) is 1.25. The highest BCUT2D eigenvalue weighted by atomic mass is 35.5. The van der Waals surface area contributed by atoms with Gasteiger partial charge in [0.25, 0.3) is 5.91 Å².